The molecule has 0 amide bonds. The Morgan fingerprint density at radius 3 is 2.24 bits per heavy atom. The lowest BCUT2D eigenvalue weighted by Gasteiger charge is -2.58. The van der Waals surface area contributed by atoms with Crippen LogP contribution in [-0.2, 0) is 0 Å². The number of fused-ring (bicyclic) bond motifs is 2. The summed E-state index contributed by atoms with van der Waals surface area (Å²) in [7, 11) is 0. The molecule has 5 fully saturated rings. The molecule has 0 unspecified atom stereocenters. The third-order valence-electron chi connectivity index (χ3n) is 9.45. The average Bonchev–Trinajstić information content (AvgIpc) is 2.84. The fourth-order valence-corrected chi connectivity index (χ4v) is 9.52. The lowest BCUT2D eigenvalue weighted by Crippen LogP contribution is -2.60. The van der Waals surface area contributed by atoms with Gasteiger partial charge >= 0.3 is 0 Å². The Bertz CT molecular complexity index is 1020. The number of piperazine rings is 1. The van der Waals surface area contributed by atoms with Crippen molar-refractivity contribution < 1.29 is 0 Å². The lowest BCUT2D eigenvalue weighted by atomic mass is 9.54. The first-order chi connectivity index (χ1) is 16.7. The number of para-hydroxylation sites is 1. The average molecular weight is 494 g/mol. The molecule has 6 aliphatic rings. The van der Waals surface area contributed by atoms with Gasteiger partial charge in [-0.05, 0) is 99.1 Å². The Kier molecular flexibility index (Phi) is 5.85. The van der Waals surface area contributed by atoms with Crippen LogP contribution in [0.3, 0.4) is 0 Å². The van der Waals surface area contributed by atoms with Gasteiger partial charge in [0.1, 0.15) is 0 Å². The number of benzene rings is 2. The first kappa shape index (κ1) is 22.0. The van der Waals surface area contributed by atoms with Crippen LogP contribution >= 0.6 is 23.4 Å². The third-order valence-corrected chi connectivity index (χ3v) is 10.8. The molecule has 34 heavy (non-hydrogen) atoms. The first-order valence-corrected chi connectivity index (χ1v) is 14.7. The second-order valence-electron chi connectivity index (χ2n) is 11.5. The zero-order chi connectivity index (χ0) is 22.6. The molecular weight excluding hydrogens is 458 g/mol. The van der Waals surface area contributed by atoms with Crippen LogP contribution in [0.1, 0.15) is 38.5 Å². The van der Waals surface area contributed by atoms with Crippen molar-refractivity contribution >= 4 is 34.7 Å². The molecule has 4 aliphatic carbocycles. The molecule has 0 N–H and O–H groups in total. The second-order valence-corrected chi connectivity index (χ2v) is 13.0. The number of anilines is 2. The van der Waals surface area contributed by atoms with Crippen molar-refractivity contribution in [2.75, 3.05) is 44.2 Å². The van der Waals surface area contributed by atoms with Gasteiger partial charge in [-0.2, -0.15) is 0 Å². The molecule has 180 valence electrons. The van der Waals surface area contributed by atoms with Crippen molar-refractivity contribution in [3.05, 3.63) is 47.5 Å². The quantitative estimate of drug-likeness (QED) is 0.454. The standard InChI is InChI=1S/C29H36ClN3S/c30-24-6-7-28-26(19-24)33(25-4-1-2-5-27(25)34-28)9-3-8-31-10-12-32(13-11-31)29-22-15-20-14-21(17-22)18-23(29)16-20/h1-2,4-7,19-23,29H,3,8-18H2. The van der Waals surface area contributed by atoms with E-state index in [1.807, 2.05) is 17.8 Å². The highest BCUT2D eigenvalue weighted by molar-refractivity contribution is 7.99. The maximum Gasteiger partial charge on any atom is 0.0567 e. The Hall–Kier alpha value is -1.20. The van der Waals surface area contributed by atoms with Crippen LogP contribution in [0.15, 0.2) is 52.3 Å². The van der Waals surface area contributed by atoms with Crippen LogP contribution < -0.4 is 4.90 Å². The largest absolute Gasteiger partial charge is 0.340 e. The van der Waals surface area contributed by atoms with Gasteiger partial charge in [-0.1, -0.05) is 35.5 Å². The topological polar surface area (TPSA) is 9.72 Å². The van der Waals surface area contributed by atoms with Crippen LogP contribution in [0.2, 0.25) is 5.02 Å². The van der Waals surface area contributed by atoms with E-state index >= 15 is 0 Å². The van der Waals surface area contributed by atoms with Crippen LogP contribution in [0.4, 0.5) is 11.4 Å². The molecule has 4 saturated carbocycles. The number of nitrogens with zero attached hydrogens (tertiary/aromatic N) is 3. The van der Waals surface area contributed by atoms with Crippen LogP contribution in [0.5, 0.6) is 0 Å². The molecule has 1 saturated heterocycles. The number of halogens is 1. The van der Waals surface area contributed by atoms with Gasteiger partial charge in [0.05, 0.1) is 11.4 Å². The molecule has 0 aromatic heterocycles. The van der Waals surface area contributed by atoms with Gasteiger partial charge in [0, 0.05) is 53.6 Å². The third kappa shape index (κ3) is 3.99. The van der Waals surface area contributed by atoms with Crippen LogP contribution in [0, 0.1) is 23.7 Å². The van der Waals surface area contributed by atoms with Crippen molar-refractivity contribution in [3.8, 4) is 0 Å². The normalized spacial score (nSPS) is 32.6. The van der Waals surface area contributed by atoms with Crippen molar-refractivity contribution in [3.63, 3.8) is 0 Å². The molecule has 8 rings (SSSR count). The molecule has 2 heterocycles. The molecule has 0 radical (unpaired) electrons. The van der Waals surface area contributed by atoms with Gasteiger partial charge in [-0.15, -0.1) is 0 Å². The zero-order valence-electron chi connectivity index (χ0n) is 20.0. The molecule has 2 aromatic carbocycles. The SMILES string of the molecule is Clc1ccc2c(c1)N(CCCN1CCN(C3C4CC5CC(C4)CC3C5)CC1)c1ccccc1S2. The van der Waals surface area contributed by atoms with E-state index in [-0.39, 0.29) is 0 Å². The predicted molar refractivity (Wildman–Crippen MR) is 142 cm³/mol. The molecule has 4 bridgehead atoms. The summed E-state index contributed by atoms with van der Waals surface area (Å²) in [6.45, 7) is 7.30. The molecule has 3 nitrogen and oxygen atoms in total. The van der Waals surface area contributed by atoms with E-state index in [1.165, 1.54) is 60.3 Å². The number of rotatable bonds is 5. The van der Waals surface area contributed by atoms with E-state index in [2.05, 4.69) is 51.1 Å². The summed E-state index contributed by atoms with van der Waals surface area (Å²) in [4.78, 5) is 10.8. The molecule has 0 spiro atoms. The maximum absolute atomic E-state index is 6.40. The van der Waals surface area contributed by atoms with Gasteiger partial charge in [0.25, 0.3) is 0 Å². The second kappa shape index (κ2) is 9.03. The lowest BCUT2D eigenvalue weighted by molar-refractivity contribution is -0.0763. The summed E-state index contributed by atoms with van der Waals surface area (Å²) in [5.41, 5.74) is 2.59. The Morgan fingerprint density at radius 2 is 1.47 bits per heavy atom. The molecule has 0 atom stereocenters. The van der Waals surface area contributed by atoms with E-state index < -0.39 is 0 Å². The first-order valence-electron chi connectivity index (χ1n) is 13.5. The number of hydrogen-bond acceptors (Lipinski definition) is 4. The number of hydrogen-bond donors (Lipinski definition) is 0. The summed E-state index contributed by atoms with van der Waals surface area (Å²) in [6, 6.07) is 16.1. The van der Waals surface area contributed by atoms with Crippen molar-refractivity contribution in [2.24, 2.45) is 23.7 Å². The highest BCUT2D eigenvalue weighted by Crippen LogP contribution is 2.55. The van der Waals surface area contributed by atoms with Crippen molar-refractivity contribution in [2.45, 2.75) is 54.4 Å². The van der Waals surface area contributed by atoms with E-state index in [4.69, 9.17) is 11.6 Å². The smallest absolute Gasteiger partial charge is 0.0567 e. The predicted octanol–water partition coefficient (Wildman–Crippen LogP) is 6.78. The van der Waals surface area contributed by atoms with Crippen molar-refractivity contribution in [1.82, 2.24) is 9.80 Å². The van der Waals surface area contributed by atoms with Gasteiger partial charge in [-0.3, -0.25) is 4.90 Å². The van der Waals surface area contributed by atoms with Crippen LogP contribution in [0.25, 0.3) is 0 Å². The van der Waals surface area contributed by atoms with Crippen molar-refractivity contribution in [1.29, 1.82) is 0 Å². The van der Waals surface area contributed by atoms with Gasteiger partial charge in [-0.25, -0.2) is 0 Å². The minimum atomic E-state index is 0.824. The Balaban J connectivity index is 0.967. The van der Waals surface area contributed by atoms with Crippen LogP contribution in [-0.4, -0.2) is 55.1 Å². The van der Waals surface area contributed by atoms with E-state index in [1.54, 1.807) is 32.1 Å². The summed E-state index contributed by atoms with van der Waals surface area (Å²) >= 11 is 8.26. The van der Waals surface area contributed by atoms with E-state index in [0.29, 0.717) is 0 Å². The molecule has 2 aromatic rings. The van der Waals surface area contributed by atoms with Gasteiger partial charge in [0.2, 0.25) is 0 Å². The monoisotopic (exact) mass is 493 g/mol. The summed E-state index contributed by atoms with van der Waals surface area (Å²) in [6.07, 6.45) is 8.91. The maximum atomic E-state index is 6.40. The van der Waals surface area contributed by atoms with E-state index in [0.717, 1.165) is 41.3 Å². The fraction of sp³-hybridized carbons (Fsp3) is 0.586. The zero-order valence-corrected chi connectivity index (χ0v) is 21.6. The summed E-state index contributed by atoms with van der Waals surface area (Å²) in [5.74, 6) is 4.20. The minimum Gasteiger partial charge on any atom is -0.340 e. The van der Waals surface area contributed by atoms with Gasteiger partial charge in [0.15, 0.2) is 0 Å². The summed E-state index contributed by atoms with van der Waals surface area (Å²) in [5, 5.41) is 0.824. The van der Waals surface area contributed by atoms with Gasteiger partial charge < -0.3 is 9.80 Å². The minimum absolute atomic E-state index is 0.824. The fourth-order valence-electron chi connectivity index (χ4n) is 8.27. The van der Waals surface area contributed by atoms with E-state index in [9.17, 15) is 0 Å². The molecule has 2 aliphatic heterocycles. The highest BCUT2D eigenvalue weighted by atomic mass is 35.5. The Morgan fingerprint density at radius 1 is 0.765 bits per heavy atom. The summed E-state index contributed by atoms with van der Waals surface area (Å²) < 4.78 is 0. The highest BCUT2D eigenvalue weighted by Gasteiger charge is 2.50. The Labute approximate surface area is 213 Å². The molecule has 5 heteroatoms. The molecular formula is C29H36ClN3S.